The molecule has 6 rings (SSSR count). The lowest BCUT2D eigenvalue weighted by atomic mass is 9.86. The van der Waals surface area contributed by atoms with Gasteiger partial charge in [0.15, 0.2) is 5.78 Å². The zero-order valence-electron chi connectivity index (χ0n) is 20.9. The van der Waals surface area contributed by atoms with E-state index in [0.717, 1.165) is 28.6 Å². The topological polar surface area (TPSA) is 65.4 Å². The molecule has 1 N–H and O–H groups in total. The molecule has 0 spiro atoms. The molecule has 0 fully saturated rings. The smallest absolute Gasteiger partial charge is 0.199 e. The van der Waals surface area contributed by atoms with Crippen molar-refractivity contribution in [2.24, 2.45) is 0 Å². The van der Waals surface area contributed by atoms with Gasteiger partial charge < -0.3 is 14.8 Å². The Morgan fingerprint density at radius 1 is 0.789 bits per heavy atom. The summed E-state index contributed by atoms with van der Waals surface area (Å²) < 4.78 is 14.5. The van der Waals surface area contributed by atoms with Gasteiger partial charge >= 0.3 is 0 Å². The van der Waals surface area contributed by atoms with E-state index in [-0.39, 0.29) is 5.78 Å². The number of likely N-dealkylation sites (N-methyl/N-ethyl adjacent to an activating group) is 1. The van der Waals surface area contributed by atoms with E-state index in [4.69, 9.17) is 26.2 Å². The van der Waals surface area contributed by atoms with Gasteiger partial charge in [-0.25, -0.2) is 0 Å². The second kappa shape index (κ2) is 10.3. The van der Waals surface area contributed by atoms with Crippen LogP contribution in [-0.2, 0) is 19.8 Å². The minimum atomic E-state index is -0.190. The van der Waals surface area contributed by atoms with Crippen molar-refractivity contribution in [3.8, 4) is 22.8 Å². The summed E-state index contributed by atoms with van der Waals surface area (Å²) in [6, 6.07) is 27.2. The highest BCUT2D eigenvalue weighted by molar-refractivity contribution is 6.39. The zero-order chi connectivity index (χ0) is 26.1. The van der Waals surface area contributed by atoms with Crippen LogP contribution in [0.4, 0.5) is 0 Å². The summed E-state index contributed by atoms with van der Waals surface area (Å²) in [5.74, 6) is 0.865. The Labute approximate surface area is 225 Å². The Kier molecular flexibility index (Phi) is 6.58. The van der Waals surface area contributed by atoms with E-state index in [2.05, 4.69) is 5.32 Å². The lowest BCUT2D eigenvalue weighted by Crippen LogP contribution is -2.15. The van der Waals surface area contributed by atoms with E-state index in [0.29, 0.717) is 58.7 Å². The van der Waals surface area contributed by atoms with Crippen LogP contribution in [0.3, 0.4) is 0 Å². The van der Waals surface area contributed by atoms with E-state index < -0.39 is 0 Å². The first kappa shape index (κ1) is 24.2. The SMILES string of the molecule is CNCCn1nc2c3c(c(Cl)ccc31)C(=O)c1c(OCc3ccccc3)ccc(OCc3ccccc3)c1-2. The average molecular weight is 524 g/mol. The number of ether oxygens (including phenoxy) is 2. The number of hydrogen-bond acceptors (Lipinski definition) is 5. The Bertz CT molecular complexity index is 1630. The van der Waals surface area contributed by atoms with E-state index in [1.54, 1.807) is 12.1 Å². The van der Waals surface area contributed by atoms with E-state index in [9.17, 15) is 4.79 Å². The van der Waals surface area contributed by atoms with Crippen LogP contribution in [-0.4, -0.2) is 29.2 Å². The number of nitrogens with one attached hydrogen (secondary N) is 1. The fourth-order valence-corrected chi connectivity index (χ4v) is 5.14. The van der Waals surface area contributed by atoms with E-state index in [1.165, 1.54) is 0 Å². The standard InChI is InChI=1S/C31H26ClN3O3/c1-33-16-17-35-23-13-12-22(32)26-27(23)30(34-35)28-24(37-18-20-8-4-2-5-9-20)14-15-25(29(28)31(26)36)38-19-21-10-6-3-7-11-21/h2-15,33H,16-19H2,1H3. The summed E-state index contributed by atoms with van der Waals surface area (Å²) in [6.07, 6.45) is 0. The third-order valence-electron chi connectivity index (χ3n) is 6.74. The number of carbonyl (C=O) groups excluding carboxylic acids is 1. The molecular weight excluding hydrogens is 498 g/mol. The van der Waals surface area contributed by atoms with Crippen LogP contribution in [0.15, 0.2) is 84.9 Å². The van der Waals surface area contributed by atoms with Crippen molar-refractivity contribution in [1.82, 2.24) is 15.1 Å². The molecule has 0 radical (unpaired) electrons. The lowest BCUT2D eigenvalue weighted by molar-refractivity contribution is 0.103. The molecule has 0 unspecified atom stereocenters. The summed E-state index contributed by atoms with van der Waals surface area (Å²) in [4.78, 5) is 14.1. The van der Waals surface area contributed by atoms with Crippen LogP contribution in [0.5, 0.6) is 11.5 Å². The number of benzene rings is 4. The minimum absolute atomic E-state index is 0.190. The van der Waals surface area contributed by atoms with Crippen molar-refractivity contribution >= 4 is 28.3 Å². The van der Waals surface area contributed by atoms with Gasteiger partial charge in [-0.3, -0.25) is 9.48 Å². The molecule has 1 heterocycles. The van der Waals surface area contributed by atoms with Crippen molar-refractivity contribution in [3.63, 3.8) is 0 Å². The van der Waals surface area contributed by atoms with Crippen molar-refractivity contribution in [2.75, 3.05) is 13.6 Å². The van der Waals surface area contributed by atoms with Gasteiger partial charge in [0.25, 0.3) is 0 Å². The third kappa shape index (κ3) is 4.32. The van der Waals surface area contributed by atoms with Crippen molar-refractivity contribution in [3.05, 3.63) is 112 Å². The largest absolute Gasteiger partial charge is 0.488 e. The molecule has 1 aliphatic carbocycles. The molecule has 1 aliphatic rings. The van der Waals surface area contributed by atoms with E-state index >= 15 is 0 Å². The Morgan fingerprint density at radius 2 is 1.39 bits per heavy atom. The van der Waals surface area contributed by atoms with Gasteiger partial charge in [-0.1, -0.05) is 72.3 Å². The fourth-order valence-electron chi connectivity index (χ4n) is 4.89. The van der Waals surface area contributed by atoms with Crippen LogP contribution in [0.2, 0.25) is 5.02 Å². The minimum Gasteiger partial charge on any atom is -0.488 e. The molecule has 38 heavy (non-hydrogen) atoms. The van der Waals surface area contributed by atoms with Crippen molar-refractivity contribution in [2.45, 2.75) is 19.8 Å². The molecule has 0 saturated heterocycles. The van der Waals surface area contributed by atoms with Crippen LogP contribution in [0.25, 0.3) is 22.2 Å². The van der Waals surface area contributed by atoms with Crippen LogP contribution < -0.4 is 14.8 Å². The van der Waals surface area contributed by atoms with Gasteiger partial charge in [-0.05, 0) is 42.4 Å². The van der Waals surface area contributed by atoms with Crippen LogP contribution in [0.1, 0.15) is 27.0 Å². The van der Waals surface area contributed by atoms with Gasteiger partial charge in [-0.2, -0.15) is 5.10 Å². The Balaban J connectivity index is 1.51. The average Bonchev–Trinajstić information content (AvgIpc) is 3.32. The second-order valence-corrected chi connectivity index (χ2v) is 9.59. The number of rotatable bonds is 9. The molecular formula is C31H26ClN3O3. The first-order valence-electron chi connectivity index (χ1n) is 12.5. The molecule has 0 atom stereocenters. The lowest BCUT2D eigenvalue weighted by Gasteiger charge is -2.22. The molecule has 0 amide bonds. The quantitative estimate of drug-likeness (QED) is 0.242. The Morgan fingerprint density at radius 3 is 2.00 bits per heavy atom. The van der Waals surface area contributed by atoms with Gasteiger partial charge in [-0.15, -0.1) is 0 Å². The molecule has 190 valence electrons. The third-order valence-corrected chi connectivity index (χ3v) is 7.05. The van der Waals surface area contributed by atoms with E-state index in [1.807, 2.05) is 84.5 Å². The van der Waals surface area contributed by atoms with Crippen LogP contribution >= 0.6 is 11.6 Å². The molecule has 0 bridgehead atoms. The Hall–Kier alpha value is -4.13. The molecule has 6 nitrogen and oxygen atoms in total. The first-order valence-corrected chi connectivity index (χ1v) is 12.9. The van der Waals surface area contributed by atoms with Gasteiger partial charge in [0.2, 0.25) is 0 Å². The molecule has 0 saturated carbocycles. The number of hydrogen-bond donors (Lipinski definition) is 1. The van der Waals surface area contributed by atoms with Crippen molar-refractivity contribution < 1.29 is 14.3 Å². The number of halogens is 1. The van der Waals surface area contributed by atoms with Crippen molar-refractivity contribution in [1.29, 1.82) is 0 Å². The molecule has 7 heteroatoms. The predicted octanol–water partition coefficient (Wildman–Crippen LogP) is 6.28. The molecule has 0 aliphatic heterocycles. The van der Waals surface area contributed by atoms with Crippen LogP contribution in [0, 0.1) is 0 Å². The maximum Gasteiger partial charge on any atom is 0.199 e. The summed E-state index contributed by atoms with van der Waals surface area (Å²) in [6.45, 7) is 2.05. The predicted molar refractivity (Wildman–Crippen MR) is 149 cm³/mol. The highest BCUT2D eigenvalue weighted by atomic mass is 35.5. The molecule has 1 aromatic heterocycles. The summed E-state index contributed by atoms with van der Waals surface area (Å²) in [7, 11) is 1.90. The molecule has 4 aromatic carbocycles. The number of aromatic nitrogens is 2. The highest BCUT2D eigenvalue weighted by Crippen LogP contribution is 2.48. The monoisotopic (exact) mass is 523 g/mol. The molecule has 5 aromatic rings. The summed E-state index contributed by atoms with van der Waals surface area (Å²) >= 11 is 6.65. The normalized spacial score (nSPS) is 12.0. The maximum absolute atomic E-state index is 14.1. The van der Waals surface area contributed by atoms with Gasteiger partial charge in [0.05, 0.1) is 33.8 Å². The number of fused-ring (bicyclic) bond motifs is 2. The van der Waals surface area contributed by atoms with Gasteiger partial charge in [0, 0.05) is 11.9 Å². The van der Waals surface area contributed by atoms with Gasteiger partial charge in [0.1, 0.15) is 30.4 Å². The number of nitrogens with zero attached hydrogens (tertiary/aromatic N) is 2. The summed E-state index contributed by atoms with van der Waals surface area (Å²) in [5, 5.41) is 9.29. The summed E-state index contributed by atoms with van der Waals surface area (Å²) in [5.41, 5.74) is 5.08. The zero-order valence-corrected chi connectivity index (χ0v) is 21.7. The fraction of sp³-hybridized carbons (Fsp3) is 0.161. The highest BCUT2D eigenvalue weighted by Gasteiger charge is 2.35. The second-order valence-electron chi connectivity index (χ2n) is 9.18. The number of carbonyl (C=O) groups is 1. The number of ketones is 1. The maximum atomic E-state index is 14.1. The first-order chi connectivity index (χ1) is 18.7.